The van der Waals surface area contributed by atoms with Crippen LogP contribution in [0.5, 0.6) is 0 Å². The second-order valence-corrected chi connectivity index (χ2v) is 9.41. The number of carbonyl (C=O) groups excluding carboxylic acids is 1. The molecule has 0 atom stereocenters. The van der Waals surface area contributed by atoms with Crippen LogP contribution in [0.3, 0.4) is 0 Å². The van der Waals surface area contributed by atoms with Gasteiger partial charge in [-0.3, -0.25) is 9.10 Å². The number of anilines is 1. The molecule has 5 nitrogen and oxygen atoms in total. The second-order valence-electron chi connectivity index (χ2n) is 6.58. The second kappa shape index (κ2) is 6.46. The zero-order valence-electron chi connectivity index (χ0n) is 14.8. The molecule has 1 saturated carbocycles. The Labute approximate surface area is 152 Å². The van der Waals surface area contributed by atoms with Gasteiger partial charge in [0.1, 0.15) is 4.88 Å². The van der Waals surface area contributed by atoms with Crippen molar-refractivity contribution in [2.24, 2.45) is 0 Å². The van der Waals surface area contributed by atoms with E-state index in [1.807, 2.05) is 19.1 Å². The molecule has 1 aromatic carbocycles. The predicted molar refractivity (Wildman–Crippen MR) is 101 cm³/mol. The van der Waals surface area contributed by atoms with E-state index >= 15 is 0 Å². The van der Waals surface area contributed by atoms with Crippen LogP contribution in [0.1, 0.15) is 39.2 Å². The third-order valence-electron chi connectivity index (χ3n) is 4.33. The first-order chi connectivity index (χ1) is 11.7. The molecule has 0 bridgehead atoms. The molecular weight excluding hydrogens is 356 g/mol. The van der Waals surface area contributed by atoms with Crippen LogP contribution in [0.15, 0.2) is 28.5 Å². The molecule has 1 fully saturated rings. The molecule has 0 unspecified atom stereocenters. The van der Waals surface area contributed by atoms with Crippen molar-refractivity contribution in [2.45, 2.75) is 44.6 Å². The lowest BCUT2D eigenvalue weighted by molar-refractivity contribution is 0.0956. The van der Waals surface area contributed by atoms with Crippen molar-refractivity contribution in [3.63, 3.8) is 0 Å². The molecule has 1 heterocycles. The lowest BCUT2D eigenvalue weighted by Gasteiger charge is -2.22. The monoisotopic (exact) mass is 378 g/mol. The molecule has 25 heavy (non-hydrogen) atoms. The number of nitrogens with zero attached hydrogens (tertiary/aromatic N) is 1. The maximum atomic E-state index is 13.2. The van der Waals surface area contributed by atoms with Gasteiger partial charge in [0.05, 0.1) is 10.6 Å². The van der Waals surface area contributed by atoms with Crippen molar-refractivity contribution in [2.75, 3.05) is 11.4 Å². The maximum Gasteiger partial charge on any atom is 0.264 e. The molecule has 7 heteroatoms. The Morgan fingerprint density at radius 3 is 2.36 bits per heavy atom. The summed E-state index contributed by atoms with van der Waals surface area (Å²) < 4.78 is 27.6. The number of rotatable bonds is 5. The summed E-state index contributed by atoms with van der Waals surface area (Å²) in [6.07, 6.45) is 1.98. The van der Waals surface area contributed by atoms with E-state index in [1.54, 1.807) is 25.3 Å². The van der Waals surface area contributed by atoms with Crippen molar-refractivity contribution >= 4 is 33.0 Å². The highest BCUT2D eigenvalue weighted by atomic mass is 32.2. The van der Waals surface area contributed by atoms with Crippen molar-refractivity contribution in [3.8, 4) is 0 Å². The highest BCUT2D eigenvalue weighted by Crippen LogP contribution is 2.33. The zero-order valence-corrected chi connectivity index (χ0v) is 16.4. The standard InChI is InChI=1S/C18H22N2O3S2/c1-11-9-12(2)17(13(3)10-11)25(22,23)20(4)15-7-8-24-16(15)18(21)19-14-5-6-14/h7-10,14H,5-6H2,1-4H3,(H,19,21). The number of hydrogen-bond donors (Lipinski definition) is 1. The lowest BCUT2D eigenvalue weighted by atomic mass is 10.1. The molecule has 3 rings (SSSR count). The first-order valence-electron chi connectivity index (χ1n) is 8.17. The molecule has 0 aliphatic heterocycles. The highest BCUT2D eigenvalue weighted by Gasteiger charge is 2.30. The van der Waals surface area contributed by atoms with E-state index in [1.165, 1.54) is 22.7 Å². The van der Waals surface area contributed by atoms with Crippen LogP contribution in [-0.2, 0) is 10.0 Å². The molecule has 0 spiro atoms. The van der Waals surface area contributed by atoms with Gasteiger partial charge < -0.3 is 5.32 Å². The zero-order chi connectivity index (χ0) is 18.4. The Bertz CT molecular complexity index is 905. The van der Waals surface area contributed by atoms with Crippen LogP contribution in [0.25, 0.3) is 0 Å². The Kier molecular flexibility index (Phi) is 4.64. The minimum atomic E-state index is -3.75. The Balaban J connectivity index is 1.99. The minimum Gasteiger partial charge on any atom is -0.349 e. The van der Waals surface area contributed by atoms with Gasteiger partial charge in [0.25, 0.3) is 15.9 Å². The number of benzene rings is 1. The fourth-order valence-corrected chi connectivity index (χ4v) is 5.54. The minimum absolute atomic E-state index is 0.202. The first kappa shape index (κ1) is 17.9. The molecule has 0 saturated heterocycles. The Morgan fingerprint density at radius 1 is 1.20 bits per heavy atom. The Hall–Kier alpha value is -1.86. The van der Waals surface area contributed by atoms with Crippen LogP contribution in [0.2, 0.25) is 0 Å². The van der Waals surface area contributed by atoms with Crippen LogP contribution < -0.4 is 9.62 Å². The number of amides is 1. The summed E-state index contributed by atoms with van der Waals surface area (Å²) in [7, 11) is -2.24. The predicted octanol–water partition coefficient (Wildman–Crippen LogP) is 3.39. The topological polar surface area (TPSA) is 66.5 Å². The van der Waals surface area contributed by atoms with Crippen molar-refractivity contribution in [1.82, 2.24) is 5.32 Å². The van der Waals surface area contributed by atoms with Gasteiger partial charge in [0.15, 0.2) is 0 Å². The summed E-state index contributed by atoms with van der Waals surface area (Å²) in [6.45, 7) is 5.55. The van der Waals surface area contributed by atoms with Crippen LogP contribution in [-0.4, -0.2) is 27.4 Å². The number of sulfonamides is 1. The quantitative estimate of drug-likeness (QED) is 0.867. The summed E-state index contributed by atoms with van der Waals surface area (Å²) in [5.74, 6) is -0.202. The van der Waals surface area contributed by atoms with E-state index in [4.69, 9.17) is 0 Å². The van der Waals surface area contributed by atoms with Gasteiger partial charge in [-0.25, -0.2) is 8.42 Å². The third-order valence-corrected chi connectivity index (χ3v) is 7.31. The van der Waals surface area contributed by atoms with Gasteiger partial charge in [-0.05, 0) is 56.2 Å². The average molecular weight is 379 g/mol. The van der Waals surface area contributed by atoms with E-state index < -0.39 is 10.0 Å². The van der Waals surface area contributed by atoms with Crippen molar-refractivity contribution in [3.05, 3.63) is 45.1 Å². The molecule has 1 aromatic heterocycles. The van der Waals surface area contributed by atoms with E-state index in [9.17, 15) is 13.2 Å². The van der Waals surface area contributed by atoms with Crippen LogP contribution in [0, 0.1) is 20.8 Å². The summed E-state index contributed by atoms with van der Waals surface area (Å²) in [5.41, 5.74) is 2.87. The van der Waals surface area contributed by atoms with Gasteiger partial charge in [-0.15, -0.1) is 11.3 Å². The van der Waals surface area contributed by atoms with Crippen LogP contribution in [0.4, 0.5) is 5.69 Å². The number of carbonyl (C=O) groups is 1. The summed E-state index contributed by atoms with van der Waals surface area (Å²) in [4.78, 5) is 13.1. The third kappa shape index (κ3) is 3.43. The van der Waals surface area contributed by atoms with E-state index in [-0.39, 0.29) is 11.9 Å². The largest absolute Gasteiger partial charge is 0.349 e. The number of nitrogens with one attached hydrogen (secondary N) is 1. The maximum absolute atomic E-state index is 13.2. The van der Waals surface area contributed by atoms with E-state index in [0.717, 1.165) is 18.4 Å². The molecule has 0 radical (unpaired) electrons. The lowest BCUT2D eigenvalue weighted by Crippen LogP contribution is -2.31. The van der Waals surface area contributed by atoms with E-state index in [0.29, 0.717) is 26.6 Å². The van der Waals surface area contributed by atoms with Crippen LogP contribution >= 0.6 is 11.3 Å². The molecule has 134 valence electrons. The summed E-state index contributed by atoms with van der Waals surface area (Å²) in [5, 5.41) is 4.67. The van der Waals surface area contributed by atoms with Gasteiger partial charge >= 0.3 is 0 Å². The smallest absolute Gasteiger partial charge is 0.264 e. The van der Waals surface area contributed by atoms with Gasteiger partial charge in [0, 0.05) is 13.1 Å². The fourth-order valence-electron chi connectivity index (χ4n) is 3.04. The van der Waals surface area contributed by atoms with Crippen molar-refractivity contribution < 1.29 is 13.2 Å². The average Bonchev–Trinajstić information content (AvgIpc) is 3.17. The summed E-state index contributed by atoms with van der Waals surface area (Å²) in [6, 6.07) is 5.64. The first-order valence-corrected chi connectivity index (χ1v) is 10.5. The van der Waals surface area contributed by atoms with E-state index in [2.05, 4.69) is 5.32 Å². The fraction of sp³-hybridized carbons (Fsp3) is 0.389. The summed E-state index contributed by atoms with van der Waals surface area (Å²) >= 11 is 1.26. The molecule has 1 aliphatic carbocycles. The number of thiophene rings is 1. The molecule has 1 aliphatic rings. The molecular formula is C18H22N2O3S2. The molecule has 1 N–H and O–H groups in total. The van der Waals surface area contributed by atoms with Gasteiger partial charge in [-0.1, -0.05) is 17.7 Å². The van der Waals surface area contributed by atoms with Gasteiger partial charge in [-0.2, -0.15) is 0 Å². The molecule has 1 amide bonds. The highest BCUT2D eigenvalue weighted by molar-refractivity contribution is 7.93. The number of aryl methyl sites for hydroxylation is 3. The normalized spacial score (nSPS) is 14.4. The SMILES string of the molecule is Cc1cc(C)c(S(=O)(=O)N(C)c2ccsc2C(=O)NC2CC2)c(C)c1. The Morgan fingerprint density at radius 2 is 1.80 bits per heavy atom. The van der Waals surface area contributed by atoms with Crippen molar-refractivity contribution in [1.29, 1.82) is 0 Å². The van der Waals surface area contributed by atoms with Gasteiger partial charge in [0.2, 0.25) is 0 Å². The number of hydrogen-bond acceptors (Lipinski definition) is 4. The molecule has 2 aromatic rings.